The summed E-state index contributed by atoms with van der Waals surface area (Å²) in [4.78, 5) is 7.99. The lowest BCUT2D eigenvalue weighted by Gasteiger charge is -2.09. The van der Waals surface area contributed by atoms with Crippen molar-refractivity contribution in [2.24, 2.45) is 5.84 Å². The molecular formula is C12H12N6. The maximum atomic E-state index is 8.87. The number of nitrogens with zero attached hydrogens (tertiary/aromatic N) is 3. The second-order valence-corrected chi connectivity index (χ2v) is 3.70. The van der Waals surface area contributed by atoms with Crippen LogP contribution < -0.4 is 16.6 Å². The van der Waals surface area contributed by atoms with Crippen LogP contribution in [0.15, 0.2) is 30.6 Å². The quantitative estimate of drug-likeness (QED) is 0.557. The first-order valence-corrected chi connectivity index (χ1v) is 5.29. The van der Waals surface area contributed by atoms with Gasteiger partial charge in [-0.05, 0) is 24.6 Å². The fourth-order valence-corrected chi connectivity index (χ4v) is 1.47. The van der Waals surface area contributed by atoms with Crippen LogP contribution in [0.1, 0.15) is 11.1 Å². The number of aromatic nitrogens is 2. The van der Waals surface area contributed by atoms with Crippen molar-refractivity contribution in [1.29, 1.82) is 5.26 Å². The third kappa shape index (κ3) is 2.53. The van der Waals surface area contributed by atoms with Crippen LogP contribution in [-0.4, -0.2) is 9.97 Å². The Hall–Kier alpha value is -2.65. The molecule has 2 aromatic rings. The van der Waals surface area contributed by atoms with Gasteiger partial charge in [0.1, 0.15) is 18.0 Å². The minimum absolute atomic E-state index is 0.515. The van der Waals surface area contributed by atoms with Crippen molar-refractivity contribution in [1.82, 2.24) is 9.97 Å². The topological polar surface area (TPSA) is 99.7 Å². The Morgan fingerprint density at radius 1 is 1.22 bits per heavy atom. The van der Waals surface area contributed by atoms with Crippen molar-refractivity contribution in [3.05, 3.63) is 41.7 Å². The second kappa shape index (κ2) is 5.12. The summed E-state index contributed by atoms with van der Waals surface area (Å²) in [5, 5.41) is 12.0. The summed E-state index contributed by atoms with van der Waals surface area (Å²) in [6.07, 6.45) is 1.40. The van der Waals surface area contributed by atoms with Gasteiger partial charge >= 0.3 is 0 Å². The molecule has 0 amide bonds. The van der Waals surface area contributed by atoms with Crippen LogP contribution in [0.2, 0.25) is 0 Å². The summed E-state index contributed by atoms with van der Waals surface area (Å²) >= 11 is 0. The molecule has 6 nitrogen and oxygen atoms in total. The minimum atomic E-state index is 0.515. The molecule has 90 valence electrons. The van der Waals surface area contributed by atoms with Gasteiger partial charge in [0.05, 0.1) is 11.6 Å². The average molecular weight is 240 g/mol. The summed E-state index contributed by atoms with van der Waals surface area (Å²) in [6.45, 7) is 1.95. The fourth-order valence-electron chi connectivity index (χ4n) is 1.47. The zero-order chi connectivity index (χ0) is 13.0. The standard InChI is InChI=1S/C12H12N6/c1-8-2-3-9(6-13)4-10(8)17-11-5-12(18-14)16-7-15-11/h2-5,7H,14H2,1H3,(H2,15,16,17,18). The number of hydrogen-bond acceptors (Lipinski definition) is 6. The number of nitrogens with one attached hydrogen (secondary N) is 2. The second-order valence-electron chi connectivity index (χ2n) is 3.70. The molecule has 1 aromatic carbocycles. The number of anilines is 3. The molecule has 2 rings (SSSR count). The third-order valence-electron chi connectivity index (χ3n) is 2.44. The number of nitrogens with two attached hydrogens (primary N) is 1. The van der Waals surface area contributed by atoms with E-state index < -0.39 is 0 Å². The van der Waals surface area contributed by atoms with E-state index in [1.807, 2.05) is 13.0 Å². The van der Waals surface area contributed by atoms with E-state index in [0.29, 0.717) is 17.2 Å². The van der Waals surface area contributed by atoms with E-state index in [1.165, 1.54) is 6.33 Å². The van der Waals surface area contributed by atoms with Crippen LogP contribution >= 0.6 is 0 Å². The lowest BCUT2D eigenvalue weighted by molar-refractivity contribution is 1.14. The number of hydrazine groups is 1. The summed E-state index contributed by atoms with van der Waals surface area (Å²) in [7, 11) is 0. The van der Waals surface area contributed by atoms with E-state index in [-0.39, 0.29) is 0 Å². The van der Waals surface area contributed by atoms with Crippen LogP contribution in [0, 0.1) is 18.3 Å². The predicted octanol–water partition coefficient (Wildman–Crippen LogP) is 1.69. The lowest BCUT2D eigenvalue weighted by Crippen LogP contribution is -2.09. The first kappa shape index (κ1) is 11.8. The van der Waals surface area contributed by atoms with Crippen molar-refractivity contribution < 1.29 is 0 Å². The molecule has 6 heteroatoms. The van der Waals surface area contributed by atoms with Gasteiger partial charge in [-0.2, -0.15) is 5.26 Å². The molecule has 0 fully saturated rings. The van der Waals surface area contributed by atoms with Gasteiger partial charge in [0.2, 0.25) is 0 Å². The van der Waals surface area contributed by atoms with Gasteiger partial charge in [0.15, 0.2) is 0 Å². The molecule has 0 saturated carbocycles. The molecular weight excluding hydrogens is 228 g/mol. The van der Waals surface area contributed by atoms with Crippen molar-refractivity contribution in [3.8, 4) is 6.07 Å². The summed E-state index contributed by atoms with van der Waals surface area (Å²) < 4.78 is 0. The van der Waals surface area contributed by atoms with Gasteiger partial charge < -0.3 is 10.7 Å². The van der Waals surface area contributed by atoms with Crippen molar-refractivity contribution in [2.45, 2.75) is 6.92 Å². The average Bonchev–Trinajstić information content (AvgIpc) is 2.41. The number of rotatable bonds is 3. The molecule has 0 atom stereocenters. The molecule has 18 heavy (non-hydrogen) atoms. The Morgan fingerprint density at radius 3 is 2.72 bits per heavy atom. The molecule has 1 aromatic heterocycles. The first-order chi connectivity index (χ1) is 8.72. The third-order valence-corrected chi connectivity index (χ3v) is 2.44. The highest BCUT2D eigenvalue weighted by molar-refractivity contribution is 5.64. The maximum absolute atomic E-state index is 8.87. The van der Waals surface area contributed by atoms with Crippen molar-refractivity contribution >= 4 is 17.3 Å². The largest absolute Gasteiger partial charge is 0.340 e. The smallest absolute Gasteiger partial charge is 0.145 e. The zero-order valence-electron chi connectivity index (χ0n) is 9.81. The number of hydrogen-bond donors (Lipinski definition) is 3. The molecule has 4 N–H and O–H groups in total. The van der Waals surface area contributed by atoms with Crippen molar-refractivity contribution in [2.75, 3.05) is 10.7 Å². The van der Waals surface area contributed by atoms with Gasteiger partial charge in [-0.3, -0.25) is 0 Å². The molecule has 1 heterocycles. The van der Waals surface area contributed by atoms with E-state index in [9.17, 15) is 0 Å². The molecule has 0 bridgehead atoms. The van der Waals surface area contributed by atoms with E-state index in [2.05, 4.69) is 26.8 Å². The monoisotopic (exact) mass is 240 g/mol. The van der Waals surface area contributed by atoms with Crippen molar-refractivity contribution in [3.63, 3.8) is 0 Å². The van der Waals surface area contributed by atoms with Gasteiger partial charge in [0, 0.05) is 11.8 Å². The molecule has 0 saturated heterocycles. The summed E-state index contributed by atoms with van der Waals surface area (Å²) in [5.41, 5.74) is 4.89. The highest BCUT2D eigenvalue weighted by Crippen LogP contribution is 2.21. The Balaban J connectivity index is 2.30. The number of nitrogen functional groups attached to an aromatic ring is 1. The van der Waals surface area contributed by atoms with Gasteiger partial charge in [0.25, 0.3) is 0 Å². The number of nitriles is 1. The highest BCUT2D eigenvalue weighted by Gasteiger charge is 2.03. The minimum Gasteiger partial charge on any atom is -0.340 e. The molecule has 0 aliphatic rings. The Labute approximate surface area is 104 Å². The van der Waals surface area contributed by atoms with Crippen LogP contribution in [0.4, 0.5) is 17.3 Å². The fraction of sp³-hybridized carbons (Fsp3) is 0.0833. The summed E-state index contributed by atoms with van der Waals surface area (Å²) in [5.74, 6) is 6.40. The van der Waals surface area contributed by atoms with Crippen LogP contribution in [0.5, 0.6) is 0 Å². The Kier molecular flexibility index (Phi) is 3.36. The van der Waals surface area contributed by atoms with E-state index in [0.717, 1.165) is 11.3 Å². The first-order valence-electron chi connectivity index (χ1n) is 5.29. The zero-order valence-corrected chi connectivity index (χ0v) is 9.81. The van der Waals surface area contributed by atoms with Gasteiger partial charge in [-0.1, -0.05) is 6.07 Å². The number of aryl methyl sites for hydroxylation is 1. The SMILES string of the molecule is Cc1ccc(C#N)cc1Nc1cc(NN)ncn1. The molecule has 0 radical (unpaired) electrons. The van der Waals surface area contributed by atoms with Crippen LogP contribution in [0.3, 0.4) is 0 Å². The van der Waals surface area contributed by atoms with Gasteiger partial charge in [-0.15, -0.1) is 0 Å². The molecule has 0 spiro atoms. The van der Waals surface area contributed by atoms with Crippen LogP contribution in [0.25, 0.3) is 0 Å². The normalized spacial score (nSPS) is 9.61. The van der Waals surface area contributed by atoms with Gasteiger partial charge in [-0.25, -0.2) is 15.8 Å². The van der Waals surface area contributed by atoms with E-state index in [4.69, 9.17) is 11.1 Å². The molecule has 0 aliphatic heterocycles. The maximum Gasteiger partial charge on any atom is 0.145 e. The highest BCUT2D eigenvalue weighted by atomic mass is 15.3. The Morgan fingerprint density at radius 2 is 2.00 bits per heavy atom. The number of benzene rings is 1. The predicted molar refractivity (Wildman–Crippen MR) is 69.0 cm³/mol. The Bertz CT molecular complexity index is 602. The molecule has 0 unspecified atom stereocenters. The molecule has 0 aliphatic carbocycles. The summed E-state index contributed by atoms with van der Waals surface area (Å²) in [6, 6.07) is 9.20. The van der Waals surface area contributed by atoms with E-state index in [1.54, 1.807) is 18.2 Å². The van der Waals surface area contributed by atoms with E-state index >= 15 is 0 Å². The lowest BCUT2D eigenvalue weighted by atomic mass is 10.1. The van der Waals surface area contributed by atoms with Crippen LogP contribution in [-0.2, 0) is 0 Å².